The number of aliphatic carboxylic acids is 1. The fraction of sp³-hybridized carbons (Fsp3) is 0.467. The van der Waals surface area contributed by atoms with Gasteiger partial charge in [0.05, 0.1) is 13.2 Å². The monoisotopic (exact) mass is 295 g/mol. The molecule has 1 aromatic carbocycles. The van der Waals surface area contributed by atoms with Crippen LogP contribution in [0.3, 0.4) is 0 Å². The van der Waals surface area contributed by atoms with Crippen LogP contribution in [0.4, 0.5) is 0 Å². The van der Waals surface area contributed by atoms with E-state index in [0.29, 0.717) is 18.8 Å². The van der Waals surface area contributed by atoms with Crippen LogP contribution in [0.2, 0.25) is 0 Å². The molecule has 2 atom stereocenters. The normalized spacial score (nSPS) is 13.4. The Labute approximate surface area is 124 Å². The van der Waals surface area contributed by atoms with Gasteiger partial charge in [-0.2, -0.15) is 0 Å². The van der Waals surface area contributed by atoms with Crippen LogP contribution in [0.15, 0.2) is 30.3 Å². The predicted molar refractivity (Wildman–Crippen MR) is 76.9 cm³/mol. The van der Waals surface area contributed by atoms with E-state index in [2.05, 4.69) is 5.32 Å². The number of benzene rings is 1. The van der Waals surface area contributed by atoms with Gasteiger partial charge in [0, 0.05) is 6.61 Å². The molecular formula is C15H21NO5. The van der Waals surface area contributed by atoms with E-state index in [1.807, 2.05) is 6.92 Å². The van der Waals surface area contributed by atoms with Crippen molar-refractivity contribution in [2.24, 2.45) is 0 Å². The molecule has 6 heteroatoms. The molecule has 0 aromatic heterocycles. The van der Waals surface area contributed by atoms with E-state index in [1.165, 1.54) is 0 Å². The van der Waals surface area contributed by atoms with Crippen molar-refractivity contribution < 1.29 is 24.2 Å². The third-order valence-corrected chi connectivity index (χ3v) is 2.84. The summed E-state index contributed by atoms with van der Waals surface area (Å²) in [7, 11) is 0. The lowest BCUT2D eigenvalue weighted by Crippen LogP contribution is -2.40. The van der Waals surface area contributed by atoms with Crippen molar-refractivity contribution in [1.29, 1.82) is 0 Å². The predicted octanol–water partition coefficient (Wildman–Crippen LogP) is 1.37. The van der Waals surface area contributed by atoms with E-state index in [4.69, 9.17) is 9.47 Å². The summed E-state index contributed by atoms with van der Waals surface area (Å²) in [6.07, 6.45) is -0.740. The molecular weight excluding hydrogens is 274 g/mol. The van der Waals surface area contributed by atoms with Crippen LogP contribution in [0.25, 0.3) is 0 Å². The first-order valence-corrected chi connectivity index (χ1v) is 6.83. The highest BCUT2D eigenvalue weighted by atomic mass is 16.5. The lowest BCUT2D eigenvalue weighted by Gasteiger charge is -2.18. The first-order chi connectivity index (χ1) is 10.1. The van der Waals surface area contributed by atoms with Gasteiger partial charge in [0.2, 0.25) is 5.91 Å². The van der Waals surface area contributed by atoms with Gasteiger partial charge in [0.15, 0.2) is 6.04 Å². The van der Waals surface area contributed by atoms with Crippen molar-refractivity contribution in [3.8, 4) is 0 Å². The summed E-state index contributed by atoms with van der Waals surface area (Å²) in [6.45, 7) is 4.71. The number of ether oxygens (including phenoxy) is 2. The van der Waals surface area contributed by atoms with Crippen LogP contribution in [0.1, 0.15) is 25.5 Å². The minimum absolute atomic E-state index is 0.283. The molecule has 2 N–H and O–H groups in total. The Morgan fingerprint density at radius 2 is 1.90 bits per heavy atom. The number of carbonyl (C=O) groups excluding carboxylic acids is 1. The second-order valence-electron chi connectivity index (χ2n) is 4.40. The second kappa shape index (κ2) is 9.10. The molecule has 0 bridgehead atoms. The number of amides is 1. The molecule has 0 aliphatic carbocycles. The second-order valence-corrected chi connectivity index (χ2v) is 4.40. The summed E-state index contributed by atoms with van der Waals surface area (Å²) in [6, 6.07) is 7.44. The number of carboxylic acids is 1. The third-order valence-electron chi connectivity index (χ3n) is 2.84. The van der Waals surface area contributed by atoms with Crippen molar-refractivity contribution in [2.75, 3.05) is 19.8 Å². The van der Waals surface area contributed by atoms with Gasteiger partial charge in [-0.1, -0.05) is 30.3 Å². The summed E-state index contributed by atoms with van der Waals surface area (Å²) in [4.78, 5) is 23.2. The molecule has 0 saturated heterocycles. The van der Waals surface area contributed by atoms with Crippen LogP contribution in [0, 0.1) is 0 Å². The standard InChI is InChI=1S/C15H21NO5/c1-3-20-9-10-21-11(2)14(17)16-13(15(18)19)12-7-5-4-6-8-12/h4-8,11,13H,3,9-10H2,1-2H3,(H,16,17)(H,18,19)/t11?,13-/m0/s1. The van der Waals surface area contributed by atoms with E-state index < -0.39 is 24.0 Å². The van der Waals surface area contributed by atoms with E-state index in [-0.39, 0.29) is 6.61 Å². The molecule has 21 heavy (non-hydrogen) atoms. The highest BCUT2D eigenvalue weighted by Gasteiger charge is 2.24. The van der Waals surface area contributed by atoms with Crippen molar-refractivity contribution >= 4 is 11.9 Å². The fourth-order valence-corrected chi connectivity index (χ4v) is 1.70. The van der Waals surface area contributed by atoms with Gasteiger partial charge in [0.1, 0.15) is 6.10 Å². The quantitative estimate of drug-likeness (QED) is 0.672. The molecule has 116 valence electrons. The third kappa shape index (κ3) is 5.93. The van der Waals surface area contributed by atoms with E-state index in [0.717, 1.165) is 0 Å². The van der Waals surface area contributed by atoms with E-state index in [9.17, 15) is 14.7 Å². The first-order valence-electron chi connectivity index (χ1n) is 6.83. The van der Waals surface area contributed by atoms with Crippen molar-refractivity contribution in [2.45, 2.75) is 26.0 Å². The average molecular weight is 295 g/mol. The molecule has 0 spiro atoms. The zero-order valence-corrected chi connectivity index (χ0v) is 12.2. The van der Waals surface area contributed by atoms with Gasteiger partial charge in [-0.05, 0) is 19.4 Å². The topological polar surface area (TPSA) is 84.9 Å². The van der Waals surface area contributed by atoms with E-state index in [1.54, 1.807) is 37.3 Å². The Hall–Kier alpha value is -1.92. The maximum absolute atomic E-state index is 12.0. The van der Waals surface area contributed by atoms with Crippen molar-refractivity contribution in [1.82, 2.24) is 5.32 Å². The number of carbonyl (C=O) groups is 2. The molecule has 0 saturated carbocycles. The lowest BCUT2D eigenvalue weighted by molar-refractivity contribution is -0.144. The zero-order valence-electron chi connectivity index (χ0n) is 12.2. The van der Waals surface area contributed by atoms with Crippen LogP contribution in [-0.4, -0.2) is 42.9 Å². The molecule has 1 aromatic rings. The van der Waals surface area contributed by atoms with Gasteiger partial charge >= 0.3 is 5.97 Å². The molecule has 0 aliphatic rings. The SMILES string of the molecule is CCOCCOC(C)C(=O)N[C@H](C(=O)O)c1ccccc1. The van der Waals surface area contributed by atoms with Crippen LogP contribution in [0.5, 0.6) is 0 Å². The molecule has 0 radical (unpaired) electrons. The van der Waals surface area contributed by atoms with Gasteiger partial charge < -0.3 is 19.9 Å². The number of carboxylic acid groups (broad SMARTS) is 1. The Morgan fingerprint density at radius 1 is 1.24 bits per heavy atom. The molecule has 1 unspecified atom stereocenters. The fourth-order valence-electron chi connectivity index (χ4n) is 1.70. The molecule has 0 fully saturated rings. The first kappa shape index (κ1) is 17.1. The molecule has 6 nitrogen and oxygen atoms in total. The number of nitrogens with one attached hydrogen (secondary N) is 1. The highest BCUT2D eigenvalue weighted by Crippen LogP contribution is 2.13. The molecule has 0 heterocycles. The Morgan fingerprint density at radius 3 is 2.48 bits per heavy atom. The molecule has 0 aliphatic heterocycles. The minimum atomic E-state index is -1.11. The van der Waals surface area contributed by atoms with Crippen LogP contribution in [-0.2, 0) is 19.1 Å². The van der Waals surface area contributed by atoms with Gasteiger partial charge in [-0.15, -0.1) is 0 Å². The summed E-state index contributed by atoms with van der Waals surface area (Å²) >= 11 is 0. The van der Waals surface area contributed by atoms with Crippen molar-refractivity contribution in [3.05, 3.63) is 35.9 Å². The summed E-state index contributed by atoms with van der Waals surface area (Å²) in [5.74, 6) is -1.58. The summed E-state index contributed by atoms with van der Waals surface area (Å²) in [5, 5.41) is 11.7. The Balaban J connectivity index is 2.55. The number of hydrogen-bond donors (Lipinski definition) is 2. The van der Waals surface area contributed by atoms with Gasteiger partial charge in [-0.3, -0.25) is 4.79 Å². The lowest BCUT2D eigenvalue weighted by atomic mass is 10.1. The molecule has 1 rings (SSSR count). The number of hydrogen-bond acceptors (Lipinski definition) is 4. The maximum atomic E-state index is 12.0. The summed E-state index contributed by atoms with van der Waals surface area (Å²) in [5.41, 5.74) is 0.514. The van der Waals surface area contributed by atoms with Gasteiger partial charge in [-0.25, -0.2) is 4.79 Å². The van der Waals surface area contributed by atoms with Crippen LogP contribution < -0.4 is 5.32 Å². The van der Waals surface area contributed by atoms with Gasteiger partial charge in [0.25, 0.3) is 0 Å². The maximum Gasteiger partial charge on any atom is 0.330 e. The van der Waals surface area contributed by atoms with Crippen LogP contribution >= 0.6 is 0 Å². The van der Waals surface area contributed by atoms with E-state index >= 15 is 0 Å². The zero-order chi connectivity index (χ0) is 15.7. The Kier molecular flexibility index (Phi) is 7.42. The highest BCUT2D eigenvalue weighted by molar-refractivity contribution is 5.86. The Bertz CT molecular complexity index is 449. The average Bonchev–Trinajstić information content (AvgIpc) is 2.49. The largest absolute Gasteiger partial charge is 0.479 e. The number of rotatable bonds is 9. The molecule has 1 amide bonds. The smallest absolute Gasteiger partial charge is 0.330 e. The summed E-state index contributed by atoms with van der Waals surface area (Å²) < 4.78 is 10.4. The minimum Gasteiger partial charge on any atom is -0.479 e. The van der Waals surface area contributed by atoms with Crippen molar-refractivity contribution in [3.63, 3.8) is 0 Å².